The Morgan fingerprint density at radius 1 is 0.931 bits per heavy atom. The first-order chi connectivity index (χ1) is 13.7. The third-order valence-electron chi connectivity index (χ3n) is 12.1. The molecule has 0 aliphatic heterocycles. The molecule has 5 aliphatic carbocycles. The van der Waals surface area contributed by atoms with Crippen LogP contribution in [0.25, 0.3) is 0 Å². The van der Waals surface area contributed by atoms with Crippen LogP contribution in [0.4, 0.5) is 0 Å². The number of hydrogen-bond donors (Lipinski definition) is 2. The van der Waals surface area contributed by atoms with Gasteiger partial charge in [0.2, 0.25) is 0 Å². The molecule has 10 atom stereocenters. The molecular weight excluding hydrogens is 356 g/mol. The number of fused-ring (bicyclic) bond motifs is 2. The van der Waals surface area contributed by atoms with E-state index < -0.39 is 0 Å². The molecule has 5 aliphatic rings. The van der Waals surface area contributed by atoms with Gasteiger partial charge in [-0.2, -0.15) is 0 Å². The van der Waals surface area contributed by atoms with E-state index in [1.807, 2.05) is 7.11 Å². The lowest BCUT2D eigenvalue weighted by molar-refractivity contribution is -0.103. The lowest BCUT2D eigenvalue weighted by Gasteiger charge is -2.60. The molecule has 0 amide bonds. The zero-order chi connectivity index (χ0) is 20.8. The van der Waals surface area contributed by atoms with Crippen LogP contribution >= 0.6 is 0 Å². The van der Waals surface area contributed by atoms with Gasteiger partial charge < -0.3 is 15.4 Å². The summed E-state index contributed by atoms with van der Waals surface area (Å²) in [5, 5.41) is 7.29. The first-order valence-electron chi connectivity index (χ1n) is 12.6. The number of methoxy groups -OCH3 is 1. The highest BCUT2D eigenvalue weighted by molar-refractivity contribution is 5.29. The highest BCUT2D eigenvalue weighted by Crippen LogP contribution is 2.86. The van der Waals surface area contributed by atoms with Crippen LogP contribution in [0, 0.1) is 45.3 Å². The lowest BCUT2D eigenvalue weighted by atomic mass is 9.46. The van der Waals surface area contributed by atoms with E-state index in [1.165, 1.54) is 44.9 Å². The maximum absolute atomic E-state index is 6.15. The molecule has 0 aromatic rings. The molecule has 2 N–H and O–H groups in total. The fourth-order valence-electron chi connectivity index (χ4n) is 10.7. The summed E-state index contributed by atoms with van der Waals surface area (Å²) in [5.41, 5.74) is 2.24. The minimum absolute atomic E-state index is 0.437. The van der Waals surface area contributed by atoms with Crippen molar-refractivity contribution in [2.45, 2.75) is 97.2 Å². The van der Waals surface area contributed by atoms with E-state index in [0.29, 0.717) is 45.8 Å². The van der Waals surface area contributed by atoms with Crippen molar-refractivity contribution in [2.24, 2.45) is 45.3 Å². The van der Waals surface area contributed by atoms with Crippen LogP contribution in [0.3, 0.4) is 0 Å². The Kier molecular flexibility index (Phi) is 4.62. The van der Waals surface area contributed by atoms with Crippen LogP contribution in [-0.4, -0.2) is 39.4 Å². The van der Waals surface area contributed by atoms with Crippen LogP contribution in [0.15, 0.2) is 0 Å². The highest BCUT2D eigenvalue weighted by Gasteiger charge is 2.80. The number of hydrogen-bond acceptors (Lipinski definition) is 3. The van der Waals surface area contributed by atoms with Crippen molar-refractivity contribution in [1.82, 2.24) is 10.6 Å². The monoisotopic (exact) mass is 402 g/mol. The van der Waals surface area contributed by atoms with Gasteiger partial charge in [0.15, 0.2) is 0 Å². The third-order valence-corrected chi connectivity index (χ3v) is 12.1. The fraction of sp³-hybridized carbons (Fsp3) is 1.00. The summed E-state index contributed by atoms with van der Waals surface area (Å²) < 4.78 is 6.15. The van der Waals surface area contributed by atoms with Crippen molar-refractivity contribution in [2.75, 3.05) is 21.2 Å². The van der Waals surface area contributed by atoms with Crippen molar-refractivity contribution in [3.05, 3.63) is 0 Å². The fourth-order valence-corrected chi connectivity index (χ4v) is 10.7. The standard InChI is InChI=1S/C26H46N2O/c1-16(27-5)22-19(29-7)14-18-17-8-9-20-23(2,3)21(28-6)10-11-26(20)15-25(17,26)13-12-24(18,22)4/h16-22,27-28H,8-15H2,1-7H3/t16-,17?,18?,19+,20?,21?,22?,24?,25?,26?/m0/s1. The summed E-state index contributed by atoms with van der Waals surface area (Å²) in [6, 6.07) is 1.24. The normalized spacial score (nSPS) is 56.0. The zero-order valence-electron chi connectivity index (χ0n) is 20.1. The van der Waals surface area contributed by atoms with Gasteiger partial charge in [0.25, 0.3) is 0 Å². The van der Waals surface area contributed by atoms with E-state index in [1.54, 1.807) is 6.42 Å². The Bertz CT molecular complexity index is 663. The quantitative estimate of drug-likeness (QED) is 0.705. The molecule has 0 aromatic carbocycles. The highest BCUT2D eigenvalue weighted by atomic mass is 16.5. The van der Waals surface area contributed by atoms with Crippen LogP contribution in [0.5, 0.6) is 0 Å². The predicted molar refractivity (Wildman–Crippen MR) is 120 cm³/mol. The molecule has 0 aromatic heterocycles. The number of ether oxygens (including phenoxy) is 1. The van der Waals surface area contributed by atoms with E-state index in [0.717, 1.165) is 17.8 Å². The SMILES string of the molecule is CNC1CCC23CC24CCC2(C)C(C[C@@H](OC)C2[C@H](C)NC)C4CCC3C1(C)C. The van der Waals surface area contributed by atoms with Gasteiger partial charge in [-0.05, 0) is 112 Å². The molecule has 0 saturated heterocycles. The summed E-state index contributed by atoms with van der Waals surface area (Å²) in [7, 11) is 6.30. The summed E-state index contributed by atoms with van der Waals surface area (Å²) in [4.78, 5) is 0. The van der Waals surface area contributed by atoms with Gasteiger partial charge in [0.05, 0.1) is 6.10 Å². The van der Waals surface area contributed by atoms with Gasteiger partial charge in [-0.1, -0.05) is 20.8 Å². The number of nitrogens with one attached hydrogen (secondary N) is 2. The zero-order valence-corrected chi connectivity index (χ0v) is 20.1. The van der Waals surface area contributed by atoms with E-state index >= 15 is 0 Å². The molecule has 0 radical (unpaired) electrons. The molecule has 0 heterocycles. The molecule has 3 nitrogen and oxygen atoms in total. The predicted octanol–water partition coefficient (Wildman–Crippen LogP) is 4.86. The maximum Gasteiger partial charge on any atom is 0.0622 e. The Morgan fingerprint density at radius 3 is 2.34 bits per heavy atom. The van der Waals surface area contributed by atoms with Crippen LogP contribution in [-0.2, 0) is 4.74 Å². The summed E-state index contributed by atoms with van der Waals surface area (Å²) in [6.45, 7) is 10.2. The van der Waals surface area contributed by atoms with Crippen molar-refractivity contribution in [3.8, 4) is 0 Å². The van der Waals surface area contributed by atoms with Crippen molar-refractivity contribution >= 4 is 0 Å². The topological polar surface area (TPSA) is 33.3 Å². The van der Waals surface area contributed by atoms with Gasteiger partial charge in [0.1, 0.15) is 0 Å². The smallest absolute Gasteiger partial charge is 0.0622 e. The maximum atomic E-state index is 6.15. The molecular formula is C26H46N2O. The lowest BCUT2D eigenvalue weighted by Crippen LogP contribution is -2.57. The van der Waals surface area contributed by atoms with Crippen molar-refractivity contribution < 1.29 is 4.74 Å². The molecule has 29 heavy (non-hydrogen) atoms. The number of rotatable bonds is 4. The minimum Gasteiger partial charge on any atom is -0.381 e. The first kappa shape index (κ1) is 20.8. The Balaban J connectivity index is 1.48. The average molecular weight is 403 g/mol. The molecule has 5 saturated carbocycles. The van der Waals surface area contributed by atoms with Gasteiger partial charge in [-0.25, -0.2) is 0 Å². The van der Waals surface area contributed by atoms with E-state index in [4.69, 9.17) is 4.74 Å². The summed E-state index contributed by atoms with van der Waals surface area (Å²) >= 11 is 0. The van der Waals surface area contributed by atoms with Gasteiger partial charge >= 0.3 is 0 Å². The van der Waals surface area contributed by atoms with Crippen LogP contribution in [0.1, 0.15) is 79.1 Å². The molecule has 2 spiro atoms. The Labute approximate surface area is 179 Å². The van der Waals surface area contributed by atoms with E-state index in [9.17, 15) is 0 Å². The third kappa shape index (κ3) is 2.36. The van der Waals surface area contributed by atoms with Gasteiger partial charge in [-0.3, -0.25) is 0 Å². The summed E-state index contributed by atoms with van der Waals surface area (Å²) in [6.07, 6.45) is 12.0. The molecule has 5 fully saturated rings. The second-order valence-electron chi connectivity index (χ2n) is 12.7. The van der Waals surface area contributed by atoms with E-state index in [2.05, 4.69) is 52.4 Å². The molecule has 166 valence electrons. The molecule has 0 bridgehead atoms. The minimum atomic E-state index is 0.437. The molecule has 3 heteroatoms. The van der Waals surface area contributed by atoms with E-state index in [-0.39, 0.29) is 0 Å². The van der Waals surface area contributed by atoms with Crippen molar-refractivity contribution in [1.29, 1.82) is 0 Å². The second-order valence-corrected chi connectivity index (χ2v) is 12.7. The van der Waals surface area contributed by atoms with Crippen molar-refractivity contribution in [3.63, 3.8) is 0 Å². The van der Waals surface area contributed by atoms with Crippen LogP contribution < -0.4 is 10.6 Å². The largest absolute Gasteiger partial charge is 0.381 e. The Morgan fingerprint density at radius 2 is 1.69 bits per heavy atom. The summed E-state index contributed by atoms with van der Waals surface area (Å²) in [5.74, 6) is 3.40. The average Bonchev–Trinajstić information content (AvgIpc) is 3.26. The first-order valence-corrected chi connectivity index (χ1v) is 12.6. The second kappa shape index (κ2) is 6.45. The molecule has 8 unspecified atom stereocenters. The van der Waals surface area contributed by atoms with Gasteiger partial charge in [0, 0.05) is 25.1 Å². The van der Waals surface area contributed by atoms with Crippen LogP contribution in [0.2, 0.25) is 0 Å². The molecule has 5 rings (SSSR count). The van der Waals surface area contributed by atoms with Gasteiger partial charge in [-0.15, -0.1) is 0 Å². The Hall–Kier alpha value is -0.120.